The smallest absolute Gasteiger partial charge is 0.187 e. The molecule has 2 aliphatic rings. The van der Waals surface area contributed by atoms with E-state index in [2.05, 4.69) is 114 Å². The molecule has 0 bridgehead atoms. The zero-order valence-electron chi connectivity index (χ0n) is 48.1. The maximum Gasteiger partial charge on any atom is 0.187 e. The Kier molecular flexibility index (Phi) is 33.3. The van der Waals surface area contributed by atoms with Crippen LogP contribution >= 0.6 is 0 Å². The highest BCUT2D eigenvalue weighted by atomic mass is 16.7. The molecule has 0 radical (unpaired) electrons. The van der Waals surface area contributed by atoms with E-state index in [1.807, 2.05) is 0 Å². The number of rotatable bonds is 43. The summed E-state index contributed by atoms with van der Waals surface area (Å²) < 4.78 is 86.5. The van der Waals surface area contributed by atoms with Crippen molar-refractivity contribution in [3.8, 4) is 0 Å². The van der Waals surface area contributed by atoms with Gasteiger partial charge in [-0.3, -0.25) is 0 Å². The van der Waals surface area contributed by atoms with Crippen molar-refractivity contribution in [2.45, 2.75) is 141 Å². The summed E-state index contributed by atoms with van der Waals surface area (Å²) in [6.45, 7) is 19.4. The second-order valence-electron chi connectivity index (χ2n) is 20.7. The van der Waals surface area contributed by atoms with E-state index in [1.165, 1.54) is 16.7 Å². The third-order valence-electron chi connectivity index (χ3n) is 13.4. The van der Waals surface area contributed by atoms with Gasteiger partial charge in [0.2, 0.25) is 0 Å². The molecule has 2 saturated heterocycles. The normalized spacial score (nSPS) is 23.5. The molecular formula is C60H94O20. The Morgan fingerprint density at radius 1 is 0.325 bits per heavy atom. The number of ether oxygens (including phenoxy) is 15. The van der Waals surface area contributed by atoms with Crippen LogP contribution in [-0.4, -0.2) is 219 Å². The SMILES string of the molecule is CC(C)c1ccc(COCCOCCOCCOCC2OC(OC3C(COCCOCCOCCOCc4ccc(C(C)C)cc4)OC(OCCOCCOCCOCc4ccc(C(C)C)cc4)C(O)C3O)C(O)C(O)C2O)cc1. The maximum absolute atomic E-state index is 11.5. The van der Waals surface area contributed by atoms with Gasteiger partial charge in [0.1, 0.15) is 48.8 Å². The van der Waals surface area contributed by atoms with Gasteiger partial charge in [0, 0.05) is 0 Å². The Morgan fingerprint density at radius 3 is 0.988 bits per heavy atom. The molecule has 0 amide bonds. The molecule has 80 heavy (non-hydrogen) atoms. The molecule has 2 aliphatic heterocycles. The lowest BCUT2D eigenvalue weighted by Crippen LogP contribution is -2.65. The average molecular weight is 1140 g/mol. The van der Waals surface area contributed by atoms with Crippen LogP contribution in [0.1, 0.15) is 92.7 Å². The fourth-order valence-electron chi connectivity index (χ4n) is 8.41. The van der Waals surface area contributed by atoms with E-state index in [-0.39, 0.29) is 59.5 Å². The Morgan fingerprint density at radius 2 is 0.625 bits per heavy atom. The first-order valence-corrected chi connectivity index (χ1v) is 28.4. The van der Waals surface area contributed by atoms with Crippen LogP contribution in [0.2, 0.25) is 0 Å². The first-order chi connectivity index (χ1) is 38.8. The Balaban J connectivity index is 0.992. The summed E-state index contributed by atoms with van der Waals surface area (Å²) in [6.07, 6.45) is -14.8. The highest BCUT2D eigenvalue weighted by Gasteiger charge is 2.51. The van der Waals surface area contributed by atoms with Crippen molar-refractivity contribution in [2.75, 3.05) is 132 Å². The first kappa shape index (κ1) is 67.6. The molecule has 2 heterocycles. The van der Waals surface area contributed by atoms with E-state index in [9.17, 15) is 25.5 Å². The van der Waals surface area contributed by atoms with Crippen LogP contribution in [0.3, 0.4) is 0 Å². The Bertz CT molecular complexity index is 1990. The molecule has 454 valence electrons. The summed E-state index contributed by atoms with van der Waals surface area (Å²) >= 11 is 0. The van der Waals surface area contributed by atoms with Gasteiger partial charge >= 0.3 is 0 Å². The fourth-order valence-corrected chi connectivity index (χ4v) is 8.41. The van der Waals surface area contributed by atoms with Gasteiger partial charge in [0.25, 0.3) is 0 Å². The largest absolute Gasteiger partial charge is 0.387 e. The molecule has 5 N–H and O–H groups in total. The standard InChI is InChI=1S/C60H94O20/c1-42(2)48-13-7-45(8-14-48)37-72-30-25-66-19-21-69-28-33-75-40-51-53(61)54(62)56(64)60(78-51)80-58-52(41-76-34-29-70-22-20-67-26-31-73-38-46-9-15-49(16-10-46)43(3)4)79-59(57(65)55(58)63)77-36-35-71-24-23-68-27-32-74-39-47-11-17-50(18-12-47)44(5)6/h7-18,42-44,51-65H,19-41H2,1-6H3. The molecule has 10 unspecified atom stereocenters. The lowest BCUT2D eigenvalue weighted by molar-refractivity contribution is -0.361. The van der Waals surface area contributed by atoms with Gasteiger partial charge < -0.3 is 96.6 Å². The van der Waals surface area contributed by atoms with Gasteiger partial charge in [-0.15, -0.1) is 0 Å². The maximum atomic E-state index is 11.5. The van der Waals surface area contributed by atoms with Crippen LogP contribution < -0.4 is 0 Å². The zero-order valence-corrected chi connectivity index (χ0v) is 48.1. The summed E-state index contributed by atoms with van der Waals surface area (Å²) in [6, 6.07) is 25.2. The molecule has 20 nitrogen and oxygen atoms in total. The summed E-state index contributed by atoms with van der Waals surface area (Å²) in [5, 5.41) is 55.4. The molecule has 0 spiro atoms. The number of benzene rings is 3. The highest BCUT2D eigenvalue weighted by Crippen LogP contribution is 2.30. The molecule has 2 fully saturated rings. The van der Waals surface area contributed by atoms with Crippen LogP contribution in [0, 0.1) is 0 Å². The van der Waals surface area contributed by atoms with E-state index in [0.717, 1.165) is 16.7 Å². The van der Waals surface area contributed by atoms with Gasteiger partial charge in [-0.2, -0.15) is 0 Å². The van der Waals surface area contributed by atoms with Crippen molar-refractivity contribution in [3.05, 3.63) is 106 Å². The molecule has 3 aromatic carbocycles. The van der Waals surface area contributed by atoms with Gasteiger partial charge in [-0.1, -0.05) is 114 Å². The topological polar surface area (TPSA) is 240 Å². The van der Waals surface area contributed by atoms with Gasteiger partial charge in [-0.05, 0) is 51.1 Å². The summed E-state index contributed by atoms with van der Waals surface area (Å²) in [5.74, 6) is 1.43. The number of hydrogen-bond acceptors (Lipinski definition) is 20. The third kappa shape index (κ3) is 25.4. The molecule has 3 aromatic rings. The zero-order chi connectivity index (χ0) is 57.3. The fraction of sp³-hybridized carbons (Fsp3) is 0.700. The minimum Gasteiger partial charge on any atom is -0.387 e. The number of hydrogen-bond donors (Lipinski definition) is 5. The molecule has 0 saturated carbocycles. The highest BCUT2D eigenvalue weighted by molar-refractivity contribution is 5.26. The first-order valence-electron chi connectivity index (χ1n) is 28.4. The molecule has 20 heteroatoms. The van der Waals surface area contributed by atoms with Crippen LogP contribution in [0.25, 0.3) is 0 Å². The van der Waals surface area contributed by atoms with E-state index in [4.69, 9.17) is 71.1 Å². The molecule has 0 aromatic heterocycles. The lowest BCUT2D eigenvalue weighted by atomic mass is 9.97. The second kappa shape index (κ2) is 39.4. The number of aliphatic hydroxyl groups is 5. The number of aliphatic hydroxyl groups excluding tert-OH is 5. The quantitative estimate of drug-likeness (QED) is 0.0479. The summed E-state index contributed by atoms with van der Waals surface area (Å²) in [7, 11) is 0. The third-order valence-corrected chi connectivity index (χ3v) is 13.4. The predicted octanol–water partition coefficient (Wildman–Crippen LogP) is 4.80. The monoisotopic (exact) mass is 1130 g/mol. The second-order valence-corrected chi connectivity index (χ2v) is 20.7. The van der Waals surface area contributed by atoms with E-state index >= 15 is 0 Å². The van der Waals surface area contributed by atoms with E-state index in [1.54, 1.807) is 0 Å². The van der Waals surface area contributed by atoms with Crippen molar-refractivity contribution >= 4 is 0 Å². The van der Waals surface area contributed by atoms with Crippen molar-refractivity contribution in [3.63, 3.8) is 0 Å². The van der Waals surface area contributed by atoms with Crippen molar-refractivity contribution in [2.24, 2.45) is 0 Å². The molecule has 5 rings (SSSR count). The lowest BCUT2D eigenvalue weighted by Gasteiger charge is -2.46. The van der Waals surface area contributed by atoms with Gasteiger partial charge in [-0.25, -0.2) is 0 Å². The minimum absolute atomic E-state index is 0.00000303. The van der Waals surface area contributed by atoms with Gasteiger partial charge in [0.05, 0.1) is 152 Å². The molecule has 0 aliphatic carbocycles. The summed E-state index contributed by atoms with van der Waals surface area (Å²) in [4.78, 5) is 0. The van der Waals surface area contributed by atoms with Gasteiger partial charge in [0.15, 0.2) is 12.6 Å². The summed E-state index contributed by atoms with van der Waals surface area (Å²) in [5.41, 5.74) is 7.16. The molecular weight excluding hydrogens is 1040 g/mol. The van der Waals surface area contributed by atoms with Crippen LogP contribution in [0.5, 0.6) is 0 Å². The van der Waals surface area contributed by atoms with Crippen molar-refractivity contribution < 1.29 is 96.6 Å². The van der Waals surface area contributed by atoms with Crippen LogP contribution in [0.15, 0.2) is 72.8 Å². The van der Waals surface area contributed by atoms with Crippen LogP contribution in [0.4, 0.5) is 0 Å². The van der Waals surface area contributed by atoms with Crippen molar-refractivity contribution in [1.29, 1.82) is 0 Å². The van der Waals surface area contributed by atoms with E-state index < -0.39 is 61.4 Å². The molecule has 10 atom stereocenters. The Labute approximate surface area is 474 Å². The minimum atomic E-state index is -1.75. The Hall–Kier alpha value is -3.14. The predicted molar refractivity (Wildman–Crippen MR) is 295 cm³/mol. The van der Waals surface area contributed by atoms with Crippen LogP contribution in [-0.2, 0) is 90.9 Å². The van der Waals surface area contributed by atoms with E-state index in [0.29, 0.717) is 110 Å². The van der Waals surface area contributed by atoms with Crippen molar-refractivity contribution in [1.82, 2.24) is 0 Å². The average Bonchev–Trinajstić information content (AvgIpc) is 3.46.